The smallest absolute Gasteiger partial charge is 0.220 e. The van der Waals surface area contributed by atoms with Crippen molar-refractivity contribution in [1.29, 1.82) is 0 Å². The Kier molecular flexibility index (Phi) is 20.5. The van der Waals surface area contributed by atoms with Gasteiger partial charge in [0, 0.05) is 24.4 Å². The van der Waals surface area contributed by atoms with Crippen LogP contribution in [-0.2, 0) is 14.3 Å². The van der Waals surface area contributed by atoms with E-state index in [0.29, 0.717) is 6.42 Å². The lowest BCUT2D eigenvalue weighted by molar-refractivity contribution is -0.127. The zero-order chi connectivity index (χ0) is 24.1. The highest BCUT2D eigenvalue weighted by Crippen LogP contribution is 2.30. The Balaban J connectivity index is 3.97. The van der Waals surface area contributed by atoms with Crippen molar-refractivity contribution >= 4 is 23.5 Å². The van der Waals surface area contributed by atoms with Crippen molar-refractivity contribution in [3.63, 3.8) is 0 Å². The Morgan fingerprint density at radius 2 is 1.50 bits per heavy atom. The molecule has 0 aliphatic carbocycles. The standard InChI is InChI=1S/C25H51N3O3S/c1-22(29)24(25(2,3)32-21-15-8-6-12-18-27-4)28-23(30)16-10-9-14-20-31-19-13-7-5-11-17-26/h24,27H,5-21,26H2,1-4H3,(H,28,30)/t24-/m1/s1. The minimum Gasteiger partial charge on any atom is -0.381 e. The average Bonchev–Trinajstić information content (AvgIpc) is 2.74. The van der Waals surface area contributed by atoms with Crippen LogP contribution in [0.3, 0.4) is 0 Å². The third kappa shape index (κ3) is 17.9. The number of nitrogens with one attached hydrogen (secondary N) is 2. The summed E-state index contributed by atoms with van der Waals surface area (Å²) in [6.07, 6.45) is 12.6. The SMILES string of the molecule is CNCCCCCCSC(C)(C)[C@H](NC(=O)CCCCCOCCCCCCN)C(C)=O. The molecule has 0 aromatic carbocycles. The van der Waals surface area contributed by atoms with Crippen molar-refractivity contribution in [3.8, 4) is 0 Å². The molecule has 0 aromatic rings. The van der Waals surface area contributed by atoms with E-state index in [2.05, 4.69) is 24.5 Å². The lowest BCUT2D eigenvalue weighted by Crippen LogP contribution is -2.51. The maximum absolute atomic E-state index is 12.4. The molecule has 0 radical (unpaired) electrons. The Morgan fingerprint density at radius 3 is 2.12 bits per heavy atom. The van der Waals surface area contributed by atoms with Crippen LogP contribution in [0, 0.1) is 0 Å². The van der Waals surface area contributed by atoms with Gasteiger partial charge >= 0.3 is 0 Å². The zero-order valence-corrected chi connectivity index (χ0v) is 22.1. The summed E-state index contributed by atoms with van der Waals surface area (Å²) in [5.41, 5.74) is 5.48. The Labute approximate surface area is 201 Å². The van der Waals surface area contributed by atoms with Crippen LogP contribution in [0.15, 0.2) is 0 Å². The molecule has 0 saturated heterocycles. The molecule has 0 unspecified atom stereocenters. The minimum absolute atomic E-state index is 0.0215. The number of carbonyl (C=O) groups is 2. The molecule has 1 amide bonds. The van der Waals surface area contributed by atoms with E-state index in [4.69, 9.17) is 10.5 Å². The summed E-state index contributed by atoms with van der Waals surface area (Å²) in [4.78, 5) is 24.7. The van der Waals surface area contributed by atoms with Gasteiger partial charge in [-0.1, -0.05) is 32.1 Å². The number of Topliss-reactive ketones (excluding diaryl/α,β-unsaturated/α-hetero) is 1. The van der Waals surface area contributed by atoms with Gasteiger partial charge in [0.2, 0.25) is 5.91 Å². The van der Waals surface area contributed by atoms with E-state index in [9.17, 15) is 9.59 Å². The summed E-state index contributed by atoms with van der Waals surface area (Å²) in [7, 11) is 1.98. The number of amides is 1. The molecule has 4 N–H and O–H groups in total. The molecule has 190 valence electrons. The Morgan fingerprint density at radius 1 is 0.906 bits per heavy atom. The largest absolute Gasteiger partial charge is 0.381 e. The minimum atomic E-state index is -0.438. The molecule has 0 heterocycles. The molecule has 6 nitrogen and oxygen atoms in total. The molecule has 0 saturated carbocycles. The number of ether oxygens (including phenoxy) is 1. The fourth-order valence-corrected chi connectivity index (χ4v) is 4.91. The molecule has 0 aliphatic heterocycles. The van der Waals surface area contributed by atoms with E-state index >= 15 is 0 Å². The topological polar surface area (TPSA) is 93.4 Å². The molecular formula is C25H51N3O3S. The first-order chi connectivity index (χ1) is 15.3. The van der Waals surface area contributed by atoms with Gasteiger partial charge in [0.1, 0.15) is 6.04 Å². The number of hydrogen-bond acceptors (Lipinski definition) is 6. The molecule has 32 heavy (non-hydrogen) atoms. The van der Waals surface area contributed by atoms with E-state index < -0.39 is 6.04 Å². The van der Waals surface area contributed by atoms with Crippen LogP contribution >= 0.6 is 11.8 Å². The highest BCUT2D eigenvalue weighted by Gasteiger charge is 2.34. The number of ketones is 1. The number of thioether (sulfide) groups is 1. The van der Waals surface area contributed by atoms with Gasteiger partial charge in [0.15, 0.2) is 5.78 Å². The molecule has 0 bridgehead atoms. The van der Waals surface area contributed by atoms with Gasteiger partial charge in [-0.2, -0.15) is 11.8 Å². The van der Waals surface area contributed by atoms with Gasteiger partial charge in [-0.3, -0.25) is 9.59 Å². The van der Waals surface area contributed by atoms with Crippen molar-refractivity contribution in [2.75, 3.05) is 39.1 Å². The molecule has 7 heteroatoms. The van der Waals surface area contributed by atoms with Gasteiger partial charge in [0.25, 0.3) is 0 Å². The third-order valence-corrected chi connectivity index (χ3v) is 7.11. The van der Waals surface area contributed by atoms with Gasteiger partial charge in [0.05, 0.1) is 0 Å². The molecule has 0 fully saturated rings. The Bertz CT molecular complexity index is 475. The summed E-state index contributed by atoms with van der Waals surface area (Å²) in [6.45, 7) is 9.13. The van der Waals surface area contributed by atoms with E-state index in [-0.39, 0.29) is 16.4 Å². The summed E-state index contributed by atoms with van der Waals surface area (Å²) >= 11 is 1.79. The fraction of sp³-hybridized carbons (Fsp3) is 0.920. The predicted molar refractivity (Wildman–Crippen MR) is 138 cm³/mol. The first kappa shape index (κ1) is 31.4. The molecule has 1 atom stereocenters. The Hall–Kier alpha value is -0.630. The van der Waals surface area contributed by atoms with Gasteiger partial charge < -0.3 is 21.1 Å². The van der Waals surface area contributed by atoms with Crippen LogP contribution < -0.4 is 16.4 Å². The monoisotopic (exact) mass is 473 g/mol. The summed E-state index contributed by atoms with van der Waals surface area (Å²) in [5.74, 6) is 1.02. The zero-order valence-electron chi connectivity index (χ0n) is 21.3. The second-order valence-corrected chi connectivity index (χ2v) is 11.0. The maximum atomic E-state index is 12.4. The fourth-order valence-electron chi connectivity index (χ4n) is 3.64. The van der Waals surface area contributed by atoms with Crippen molar-refractivity contribution < 1.29 is 14.3 Å². The lowest BCUT2D eigenvalue weighted by Gasteiger charge is -2.33. The van der Waals surface area contributed by atoms with Gasteiger partial charge in [-0.05, 0) is 85.2 Å². The maximum Gasteiger partial charge on any atom is 0.220 e. The lowest BCUT2D eigenvalue weighted by atomic mass is 9.99. The summed E-state index contributed by atoms with van der Waals surface area (Å²) in [5, 5.41) is 6.18. The van der Waals surface area contributed by atoms with Crippen molar-refractivity contribution in [2.45, 2.75) is 109 Å². The first-order valence-electron chi connectivity index (χ1n) is 12.7. The average molecular weight is 474 g/mol. The molecule has 0 spiro atoms. The third-order valence-electron chi connectivity index (χ3n) is 5.64. The predicted octanol–water partition coefficient (Wildman–Crippen LogP) is 4.45. The van der Waals surface area contributed by atoms with Crippen LogP contribution in [0.2, 0.25) is 0 Å². The van der Waals surface area contributed by atoms with E-state index in [1.165, 1.54) is 32.1 Å². The number of carbonyl (C=O) groups excluding carboxylic acids is 2. The van der Waals surface area contributed by atoms with Crippen LogP contribution in [0.1, 0.15) is 97.8 Å². The van der Waals surface area contributed by atoms with Crippen LogP contribution in [0.25, 0.3) is 0 Å². The normalized spacial score (nSPS) is 12.7. The number of unbranched alkanes of at least 4 members (excludes halogenated alkanes) is 8. The van der Waals surface area contributed by atoms with Crippen molar-refractivity contribution in [1.82, 2.24) is 10.6 Å². The summed E-state index contributed by atoms with van der Waals surface area (Å²) < 4.78 is 5.35. The number of rotatable bonds is 23. The van der Waals surface area contributed by atoms with E-state index in [0.717, 1.165) is 70.6 Å². The van der Waals surface area contributed by atoms with Gasteiger partial charge in [-0.15, -0.1) is 0 Å². The molecule has 0 rings (SSSR count). The second kappa shape index (κ2) is 20.9. The van der Waals surface area contributed by atoms with E-state index in [1.807, 2.05) is 7.05 Å². The van der Waals surface area contributed by atoms with Crippen molar-refractivity contribution in [2.24, 2.45) is 5.73 Å². The van der Waals surface area contributed by atoms with Gasteiger partial charge in [-0.25, -0.2) is 0 Å². The van der Waals surface area contributed by atoms with E-state index in [1.54, 1.807) is 18.7 Å². The number of nitrogens with two attached hydrogens (primary N) is 1. The number of hydrogen-bond donors (Lipinski definition) is 3. The van der Waals surface area contributed by atoms with Crippen LogP contribution in [-0.4, -0.2) is 61.6 Å². The highest BCUT2D eigenvalue weighted by atomic mass is 32.2. The molecule has 0 aromatic heterocycles. The second-order valence-electron chi connectivity index (χ2n) is 9.21. The first-order valence-corrected chi connectivity index (χ1v) is 13.7. The van der Waals surface area contributed by atoms with Crippen LogP contribution in [0.4, 0.5) is 0 Å². The molecule has 0 aliphatic rings. The van der Waals surface area contributed by atoms with Crippen LogP contribution in [0.5, 0.6) is 0 Å². The highest BCUT2D eigenvalue weighted by molar-refractivity contribution is 8.00. The molecular weight excluding hydrogens is 422 g/mol. The quantitative estimate of drug-likeness (QED) is 0.190. The summed E-state index contributed by atoms with van der Waals surface area (Å²) in [6, 6.07) is -0.438. The van der Waals surface area contributed by atoms with Crippen molar-refractivity contribution in [3.05, 3.63) is 0 Å².